The number of hydrogen-bond acceptors (Lipinski definition) is 1. The topological polar surface area (TPSA) is 8.17 Å². The minimum atomic E-state index is 0.538. The molecule has 2 aliphatic heterocycles. The summed E-state index contributed by atoms with van der Waals surface area (Å²) >= 11 is 0. The van der Waals surface area contributed by atoms with Crippen LogP contribution in [0.4, 0.5) is 0 Å². The average Bonchev–Trinajstić information content (AvgIpc) is 2.86. The normalized spacial score (nSPS) is 24.9. The van der Waals surface area contributed by atoms with Crippen molar-refractivity contribution in [3.8, 4) is 0 Å². The molecule has 0 saturated carbocycles. The Hall–Kier alpha value is -1.96. The monoisotopic (exact) mass is 292 g/mol. The average molecular weight is 292 g/mol. The molecule has 2 nitrogen and oxygen atoms in total. The summed E-state index contributed by atoms with van der Waals surface area (Å²) in [5, 5.41) is 1.44. The molecule has 3 heterocycles. The number of fused-ring (bicyclic) bond motifs is 5. The standard InChI is InChI=1S/C20H24N2/c1-4-14-10-11-19-20-17(12-15(5-2)22(19)13-14)16-8-6-7-9-18(16)21(20)3/h4-9,19H,10-13H2,1-3H3/b14-4-,15-5+. The summed E-state index contributed by atoms with van der Waals surface area (Å²) < 4.78 is 2.44. The fourth-order valence-corrected chi connectivity index (χ4v) is 4.36. The van der Waals surface area contributed by atoms with Gasteiger partial charge in [-0.2, -0.15) is 0 Å². The third kappa shape index (κ3) is 1.79. The molecule has 2 aliphatic rings. The molecule has 0 N–H and O–H groups in total. The first-order chi connectivity index (χ1) is 10.7. The maximum Gasteiger partial charge on any atom is 0.0700 e. The van der Waals surface area contributed by atoms with Crippen molar-refractivity contribution in [1.82, 2.24) is 9.47 Å². The van der Waals surface area contributed by atoms with E-state index in [9.17, 15) is 0 Å². The smallest absolute Gasteiger partial charge is 0.0700 e. The van der Waals surface area contributed by atoms with E-state index < -0.39 is 0 Å². The minimum Gasteiger partial charge on any atom is -0.362 e. The molecule has 1 aromatic carbocycles. The first-order valence-corrected chi connectivity index (χ1v) is 8.36. The third-order valence-corrected chi connectivity index (χ3v) is 5.53. The van der Waals surface area contributed by atoms with Gasteiger partial charge >= 0.3 is 0 Å². The number of para-hydroxylation sites is 1. The van der Waals surface area contributed by atoms with Crippen molar-refractivity contribution < 1.29 is 0 Å². The molecule has 0 bridgehead atoms. The van der Waals surface area contributed by atoms with Crippen LogP contribution in [0.1, 0.15) is 44.0 Å². The van der Waals surface area contributed by atoms with Crippen molar-refractivity contribution in [1.29, 1.82) is 0 Å². The lowest BCUT2D eigenvalue weighted by Gasteiger charge is -2.44. The lowest BCUT2D eigenvalue weighted by molar-refractivity contribution is 0.207. The van der Waals surface area contributed by atoms with Gasteiger partial charge in [0, 0.05) is 42.3 Å². The van der Waals surface area contributed by atoms with E-state index in [1.807, 2.05) is 0 Å². The molecular formula is C20H24N2. The Balaban J connectivity index is 1.93. The van der Waals surface area contributed by atoms with Crippen LogP contribution in [0.25, 0.3) is 10.9 Å². The van der Waals surface area contributed by atoms with E-state index in [4.69, 9.17) is 0 Å². The Morgan fingerprint density at radius 2 is 1.95 bits per heavy atom. The molecule has 0 amide bonds. The van der Waals surface area contributed by atoms with E-state index >= 15 is 0 Å². The van der Waals surface area contributed by atoms with E-state index in [-0.39, 0.29) is 0 Å². The molecule has 22 heavy (non-hydrogen) atoms. The zero-order valence-corrected chi connectivity index (χ0v) is 13.8. The molecule has 1 aromatic heterocycles. The zero-order valence-electron chi connectivity index (χ0n) is 13.8. The molecule has 1 atom stereocenters. The van der Waals surface area contributed by atoms with Gasteiger partial charge in [0.05, 0.1) is 6.04 Å². The van der Waals surface area contributed by atoms with E-state index in [2.05, 4.69) is 66.8 Å². The van der Waals surface area contributed by atoms with Crippen LogP contribution in [0.2, 0.25) is 0 Å². The second-order valence-corrected chi connectivity index (χ2v) is 6.53. The van der Waals surface area contributed by atoms with Gasteiger partial charge in [-0.1, -0.05) is 35.9 Å². The summed E-state index contributed by atoms with van der Waals surface area (Å²) in [5.41, 5.74) is 7.55. The lowest BCUT2D eigenvalue weighted by atomic mass is 9.87. The van der Waals surface area contributed by atoms with Gasteiger partial charge in [0.15, 0.2) is 0 Å². The van der Waals surface area contributed by atoms with Crippen molar-refractivity contribution >= 4 is 10.9 Å². The second kappa shape index (κ2) is 5.05. The second-order valence-electron chi connectivity index (χ2n) is 6.53. The number of nitrogens with zero attached hydrogens (tertiary/aromatic N) is 2. The summed E-state index contributed by atoms with van der Waals surface area (Å²) in [6.45, 7) is 5.46. The molecule has 0 spiro atoms. The quantitative estimate of drug-likeness (QED) is 0.638. The molecule has 1 saturated heterocycles. The van der Waals surface area contributed by atoms with Gasteiger partial charge in [0.2, 0.25) is 0 Å². The van der Waals surface area contributed by atoms with E-state index in [1.54, 1.807) is 16.8 Å². The van der Waals surface area contributed by atoms with Crippen LogP contribution >= 0.6 is 0 Å². The Kier molecular flexibility index (Phi) is 3.14. The summed E-state index contributed by atoms with van der Waals surface area (Å²) in [7, 11) is 2.24. The van der Waals surface area contributed by atoms with Gasteiger partial charge in [0.25, 0.3) is 0 Å². The molecule has 1 unspecified atom stereocenters. The Morgan fingerprint density at radius 1 is 1.14 bits per heavy atom. The highest BCUT2D eigenvalue weighted by Crippen LogP contribution is 2.45. The fourth-order valence-electron chi connectivity index (χ4n) is 4.36. The Morgan fingerprint density at radius 3 is 2.73 bits per heavy atom. The molecular weight excluding hydrogens is 268 g/mol. The minimum absolute atomic E-state index is 0.538. The van der Waals surface area contributed by atoms with Crippen molar-refractivity contribution in [3.63, 3.8) is 0 Å². The first kappa shape index (κ1) is 13.7. The maximum absolute atomic E-state index is 2.64. The molecule has 114 valence electrons. The van der Waals surface area contributed by atoms with Crippen LogP contribution < -0.4 is 0 Å². The SMILES string of the molecule is C/C=C1/CCC2c3c(c4ccccc4n3C)C/C(=C\C)N2C1. The highest BCUT2D eigenvalue weighted by Gasteiger charge is 2.36. The van der Waals surface area contributed by atoms with Crippen LogP contribution in [0.3, 0.4) is 0 Å². The summed E-state index contributed by atoms with van der Waals surface area (Å²) in [5.74, 6) is 0. The van der Waals surface area contributed by atoms with Crippen LogP contribution in [-0.4, -0.2) is 16.0 Å². The fraction of sp³-hybridized carbons (Fsp3) is 0.400. The number of benzene rings is 1. The van der Waals surface area contributed by atoms with Gasteiger partial charge in [-0.15, -0.1) is 0 Å². The largest absolute Gasteiger partial charge is 0.362 e. The first-order valence-electron chi connectivity index (χ1n) is 8.36. The van der Waals surface area contributed by atoms with Crippen LogP contribution in [0, 0.1) is 0 Å². The predicted octanol–water partition coefficient (Wildman–Crippen LogP) is 4.72. The van der Waals surface area contributed by atoms with Crippen LogP contribution in [-0.2, 0) is 13.5 Å². The van der Waals surface area contributed by atoms with Gasteiger partial charge in [0.1, 0.15) is 0 Å². The van der Waals surface area contributed by atoms with Gasteiger partial charge in [-0.25, -0.2) is 0 Å². The molecule has 2 aromatic rings. The van der Waals surface area contributed by atoms with Gasteiger partial charge in [-0.05, 0) is 38.3 Å². The van der Waals surface area contributed by atoms with Crippen molar-refractivity contribution in [2.24, 2.45) is 7.05 Å². The molecule has 0 radical (unpaired) electrons. The van der Waals surface area contributed by atoms with Gasteiger partial charge in [-0.3, -0.25) is 0 Å². The van der Waals surface area contributed by atoms with Crippen molar-refractivity contribution in [2.75, 3.05) is 6.54 Å². The number of hydrogen-bond donors (Lipinski definition) is 0. The summed E-state index contributed by atoms with van der Waals surface area (Å²) in [6, 6.07) is 9.41. The maximum atomic E-state index is 2.64. The molecule has 1 fully saturated rings. The summed E-state index contributed by atoms with van der Waals surface area (Å²) in [4.78, 5) is 2.64. The van der Waals surface area contributed by atoms with Crippen LogP contribution in [0.5, 0.6) is 0 Å². The van der Waals surface area contributed by atoms with E-state index in [0.29, 0.717) is 6.04 Å². The highest BCUT2D eigenvalue weighted by atomic mass is 15.2. The van der Waals surface area contributed by atoms with E-state index in [0.717, 1.165) is 13.0 Å². The number of aryl methyl sites for hydroxylation is 1. The van der Waals surface area contributed by atoms with Gasteiger partial charge < -0.3 is 9.47 Å². The number of allylic oxidation sites excluding steroid dienone is 3. The number of aromatic nitrogens is 1. The van der Waals surface area contributed by atoms with Crippen molar-refractivity contribution in [2.45, 2.75) is 39.2 Å². The number of piperidine rings is 1. The molecule has 0 aliphatic carbocycles. The Labute approximate surface area is 132 Å². The Bertz CT molecular complexity index is 791. The molecule has 4 rings (SSSR count). The summed E-state index contributed by atoms with van der Waals surface area (Å²) in [6.07, 6.45) is 8.15. The zero-order chi connectivity index (χ0) is 15.3. The molecule has 2 heteroatoms. The number of rotatable bonds is 0. The third-order valence-electron chi connectivity index (χ3n) is 5.53. The lowest BCUT2D eigenvalue weighted by Crippen LogP contribution is -2.39. The van der Waals surface area contributed by atoms with Crippen molar-refractivity contribution in [3.05, 3.63) is 58.9 Å². The highest BCUT2D eigenvalue weighted by molar-refractivity contribution is 5.86. The van der Waals surface area contributed by atoms with E-state index in [1.165, 1.54) is 29.4 Å². The predicted molar refractivity (Wildman–Crippen MR) is 92.8 cm³/mol. The van der Waals surface area contributed by atoms with Crippen LogP contribution in [0.15, 0.2) is 47.7 Å².